The van der Waals surface area contributed by atoms with Crippen LogP contribution in [0.1, 0.15) is 62.8 Å². The number of aromatic nitrogens is 1. The number of fused-ring (bicyclic) bond motifs is 6. The first kappa shape index (κ1) is 23.0. The summed E-state index contributed by atoms with van der Waals surface area (Å²) in [7, 11) is 0. The zero-order valence-electron chi connectivity index (χ0n) is 22.3. The summed E-state index contributed by atoms with van der Waals surface area (Å²) in [5, 5.41) is 2.39. The first-order valence-corrected chi connectivity index (χ1v) is 13.3. The van der Waals surface area contributed by atoms with Crippen molar-refractivity contribution < 1.29 is 4.42 Å². The third-order valence-electron chi connectivity index (χ3n) is 7.92. The molecular formula is C34H35NO. The molecule has 3 aromatic carbocycles. The highest BCUT2D eigenvalue weighted by atomic mass is 16.3. The number of rotatable bonds is 5. The molecular weight excluding hydrogens is 438 g/mol. The Kier molecular flexibility index (Phi) is 5.33. The van der Waals surface area contributed by atoms with Crippen molar-refractivity contribution >= 4 is 21.9 Å². The maximum absolute atomic E-state index is 6.69. The van der Waals surface area contributed by atoms with Crippen molar-refractivity contribution in [2.45, 2.75) is 59.8 Å². The molecule has 0 N–H and O–H groups in total. The summed E-state index contributed by atoms with van der Waals surface area (Å²) >= 11 is 0. The van der Waals surface area contributed by atoms with Crippen LogP contribution in [0.25, 0.3) is 44.3 Å². The largest absolute Gasteiger partial charge is 0.455 e. The average molecular weight is 474 g/mol. The topological polar surface area (TPSA) is 26.0 Å². The molecule has 0 fully saturated rings. The van der Waals surface area contributed by atoms with Gasteiger partial charge in [-0.05, 0) is 96.2 Å². The van der Waals surface area contributed by atoms with Gasteiger partial charge in [-0.15, -0.1) is 0 Å². The van der Waals surface area contributed by atoms with Gasteiger partial charge in [-0.25, -0.2) is 0 Å². The lowest BCUT2D eigenvalue weighted by Gasteiger charge is -2.35. The van der Waals surface area contributed by atoms with Gasteiger partial charge in [0.05, 0.1) is 5.69 Å². The molecule has 1 aliphatic carbocycles. The van der Waals surface area contributed by atoms with Gasteiger partial charge in [0.2, 0.25) is 0 Å². The van der Waals surface area contributed by atoms with E-state index in [4.69, 9.17) is 9.40 Å². The highest BCUT2D eigenvalue weighted by Crippen LogP contribution is 2.56. The van der Waals surface area contributed by atoms with Crippen LogP contribution in [0, 0.1) is 25.7 Å². The van der Waals surface area contributed by atoms with Gasteiger partial charge in [0.15, 0.2) is 0 Å². The highest BCUT2D eigenvalue weighted by Gasteiger charge is 2.44. The summed E-state index contributed by atoms with van der Waals surface area (Å²) in [4.78, 5) is 4.71. The lowest BCUT2D eigenvalue weighted by molar-refractivity contribution is 0.337. The molecule has 2 heteroatoms. The number of benzene rings is 3. The van der Waals surface area contributed by atoms with E-state index in [9.17, 15) is 0 Å². The Labute approximate surface area is 214 Å². The summed E-state index contributed by atoms with van der Waals surface area (Å²) < 4.78 is 6.69. The standard InChI is InChI=1S/C34H35NO/c1-20(2)18-34(19-21(3)4)28-10-8-7-9-24(28)26-17-31-27(16-29(26)34)25-12-11-23(6)32(33(25)36-31)30-15-22(5)13-14-35-30/h7-17,20-21H,18-19H2,1-6H3. The third-order valence-corrected chi connectivity index (χ3v) is 7.92. The predicted octanol–water partition coefficient (Wildman–Crippen LogP) is 9.62. The molecule has 0 bridgehead atoms. The maximum Gasteiger partial charge on any atom is 0.145 e. The molecule has 5 aromatic rings. The Morgan fingerprint density at radius 2 is 1.53 bits per heavy atom. The minimum atomic E-state index is 0.0255. The average Bonchev–Trinajstić information content (AvgIpc) is 3.30. The van der Waals surface area contributed by atoms with Crippen LogP contribution in [0.3, 0.4) is 0 Å². The first-order chi connectivity index (χ1) is 17.3. The van der Waals surface area contributed by atoms with Gasteiger partial charge in [0.25, 0.3) is 0 Å². The third kappa shape index (κ3) is 3.42. The number of pyridine rings is 1. The van der Waals surface area contributed by atoms with Crippen molar-refractivity contribution in [2.75, 3.05) is 0 Å². The van der Waals surface area contributed by atoms with E-state index >= 15 is 0 Å². The second-order valence-corrected chi connectivity index (χ2v) is 11.7. The SMILES string of the molecule is Cc1ccnc(-c2c(C)ccc3c2oc2cc4c(cc23)C(CC(C)C)(CC(C)C)c2ccccc2-4)c1. The van der Waals surface area contributed by atoms with Crippen molar-refractivity contribution in [3.63, 3.8) is 0 Å². The van der Waals surface area contributed by atoms with Crippen LogP contribution in [0.4, 0.5) is 0 Å². The van der Waals surface area contributed by atoms with Gasteiger partial charge in [0, 0.05) is 27.9 Å². The smallest absolute Gasteiger partial charge is 0.145 e. The lowest BCUT2D eigenvalue weighted by Crippen LogP contribution is -2.29. The number of hydrogen-bond donors (Lipinski definition) is 0. The molecule has 0 radical (unpaired) electrons. The van der Waals surface area contributed by atoms with Gasteiger partial charge >= 0.3 is 0 Å². The van der Waals surface area contributed by atoms with Crippen LogP contribution >= 0.6 is 0 Å². The summed E-state index contributed by atoms with van der Waals surface area (Å²) in [6.45, 7) is 13.7. The molecule has 1 aliphatic rings. The Morgan fingerprint density at radius 3 is 2.25 bits per heavy atom. The fourth-order valence-electron chi connectivity index (χ4n) is 6.79. The van der Waals surface area contributed by atoms with E-state index < -0.39 is 0 Å². The minimum absolute atomic E-state index is 0.0255. The van der Waals surface area contributed by atoms with Crippen LogP contribution in [-0.2, 0) is 5.41 Å². The Hall–Kier alpha value is -3.39. The molecule has 0 unspecified atom stereocenters. The quantitative estimate of drug-likeness (QED) is 0.254. The van der Waals surface area contributed by atoms with E-state index in [2.05, 4.69) is 96.1 Å². The molecule has 0 saturated heterocycles. The van der Waals surface area contributed by atoms with E-state index in [-0.39, 0.29) is 5.41 Å². The summed E-state index contributed by atoms with van der Waals surface area (Å²) in [6.07, 6.45) is 4.19. The monoisotopic (exact) mass is 473 g/mol. The van der Waals surface area contributed by atoms with Crippen molar-refractivity contribution in [2.24, 2.45) is 11.8 Å². The molecule has 2 heterocycles. The van der Waals surface area contributed by atoms with E-state index in [1.807, 2.05) is 12.3 Å². The van der Waals surface area contributed by atoms with Crippen LogP contribution in [-0.4, -0.2) is 4.98 Å². The highest BCUT2D eigenvalue weighted by molar-refractivity contribution is 6.11. The zero-order chi connectivity index (χ0) is 25.2. The fourth-order valence-corrected chi connectivity index (χ4v) is 6.79. The molecule has 2 nitrogen and oxygen atoms in total. The second kappa shape index (κ2) is 8.34. The van der Waals surface area contributed by atoms with Crippen molar-refractivity contribution in [3.05, 3.63) is 89.1 Å². The van der Waals surface area contributed by atoms with Crippen LogP contribution < -0.4 is 0 Å². The molecule has 2 aromatic heterocycles. The molecule has 182 valence electrons. The Morgan fingerprint density at radius 1 is 0.778 bits per heavy atom. The van der Waals surface area contributed by atoms with Crippen LogP contribution in [0.5, 0.6) is 0 Å². The van der Waals surface area contributed by atoms with Gasteiger partial charge in [-0.3, -0.25) is 4.98 Å². The minimum Gasteiger partial charge on any atom is -0.455 e. The number of aryl methyl sites for hydroxylation is 2. The molecule has 6 rings (SSSR count). The predicted molar refractivity (Wildman–Crippen MR) is 152 cm³/mol. The van der Waals surface area contributed by atoms with E-state index in [1.54, 1.807) is 0 Å². The van der Waals surface area contributed by atoms with E-state index in [0.717, 1.165) is 35.3 Å². The number of hydrogen-bond acceptors (Lipinski definition) is 2. The van der Waals surface area contributed by atoms with Crippen molar-refractivity contribution in [3.8, 4) is 22.4 Å². The molecule has 0 saturated carbocycles. The van der Waals surface area contributed by atoms with Gasteiger partial charge < -0.3 is 4.42 Å². The molecule has 0 amide bonds. The molecule has 0 atom stereocenters. The fraction of sp³-hybridized carbons (Fsp3) is 0.324. The van der Waals surface area contributed by atoms with Crippen molar-refractivity contribution in [1.82, 2.24) is 4.98 Å². The van der Waals surface area contributed by atoms with Crippen LogP contribution in [0.2, 0.25) is 0 Å². The normalized spacial score (nSPS) is 14.2. The van der Waals surface area contributed by atoms with Gasteiger partial charge in [-0.1, -0.05) is 64.1 Å². The summed E-state index contributed by atoms with van der Waals surface area (Å²) in [5.41, 5.74) is 12.1. The zero-order valence-corrected chi connectivity index (χ0v) is 22.3. The van der Waals surface area contributed by atoms with Gasteiger partial charge in [-0.2, -0.15) is 0 Å². The van der Waals surface area contributed by atoms with Gasteiger partial charge in [0.1, 0.15) is 11.2 Å². The Bertz CT molecular complexity index is 1610. The summed E-state index contributed by atoms with van der Waals surface area (Å²) in [6, 6.07) is 22.5. The lowest BCUT2D eigenvalue weighted by atomic mass is 9.68. The van der Waals surface area contributed by atoms with E-state index in [0.29, 0.717) is 11.8 Å². The van der Waals surface area contributed by atoms with Crippen molar-refractivity contribution in [1.29, 1.82) is 0 Å². The molecule has 0 aliphatic heterocycles. The van der Waals surface area contributed by atoms with E-state index in [1.165, 1.54) is 44.2 Å². The summed E-state index contributed by atoms with van der Waals surface area (Å²) in [5.74, 6) is 1.20. The number of nitrogens with zero attached hydrogens (tertiary/aromatic N) is 1. The maximum atomic E-state index is 6.69. The second-order valence-electron chi connectivity index (χ2n) is 11.7. The molecule has 0 spiro atoms. The Balaban J connectivity index is 1.68. The first-order valence-electron chi connectivity index (χ1n) is 13.3. The number of furan rings is 1. The molecule has 36 heavy (non-hydrogen) atoms. The van der Waals surface area contributed by atoms with Crippen LogP contribution in [0.15, 0.2) is 71.3 Å².